The van der Waals surface area contributed by atoms with Crippen molar-refractivity contribution in [1.82, 2.24) is 20.4 Å². The van der Waals surface area contributed by atoms with Crippen LogP contribution in [0.3, 0.4) is 0 Å². The molecule has 0 unspecified atom stereocenters. The molecule has 0 bridgehead atoms. The van der Waals surface area contributed by atoms with Crippen molar-refractivity contribution in [3.05, 3.63) is 16.5 Å². The van der Waals surface area contributed by atoms with Gasteiger partial charge in [0.1, 0.15) is 0 Å². The number of imide groups is 1. The number of carbonyl (C=O) groups excluding carboxylic acids is 2. The van der Waals surface area contributed by atoms with E-state index in [4.69, 9.17) is 4.42 Å². The smallest absolute Gasteiger partial charge is 0.324 e. The van der Waals surface area contributed by atoms with Gasteiger partial charge < -0.3 is 9.73 Å². The van der Waals surface area contributed by atoms with Crippen LogP contribution in [0.4, 0.5) is 4.79 Å². The van der Waals surface area contributed by atoms with Crippen LogP contribution in [0.5, 0.6) is 0 Å². The number of hydrogen-bond acceptors (Lipinski definition) is 7. The largest absolute Gasteiger partial charge is 0.410 e. The maximum Gasteiger partial charge on any atom is 0.324 e. The number of fused-ring (bicyclic) bond motifs is 1. The number of urea groups is 1. The highest BCUT2D eigenvalue weighted by atomic mass is 32.2. The lowest BCUT2D eigenvalue weighted by Gasteiger charge is -2.16. The molecule has 0 saturated carbocycles. The number of thiophene rings is 1. The van der Waals surface area contributed by atoms with E-state index >= 15 is 0 Å². The molecule has 1 saturated heterocycles. The van der Waals surface area contributed by atoms with Gasteiger partial charge in [0.05, 0.1) is 10.1 Å². The van der Waals surface area contributed by atoms with E-state index in [9.17, 15) is 9.59 Å². The highest BCUT2D eigenvalue weighted by molar-refractivity contribution is 8.00. The fourth-order valence-electron chi connectivity index (χ4n) is 3.27. The Balaban J connectivity index is 1.45. The minimum atomic E-state index is -0.468. The van der Waals surface area contributed by atoms with Crippen LogP contribution in [-0.2, 0) is 17.6 Å². The molecule has 3 amide bonds. The maximum absolute atomic E-state index is 12.4. The molecule has 0 radical (unpaired) electrons. The van der Waals surface area contributed by atoms with Crippen LogP contribution >= 0.6 is 23.1 Å². The number of nitrogens with zero attached hydrogens (tertiary/aromatic N) is 3. The minimum absolute atomic E-state index is 0.245. The van der Waals surface area contributed by atoms with Crippen molar-refractivity contribution >= 4 is 35.0 Å². The van der Waals surface area contributed by atoms with Gasteiger partial charge >= 0.3 is 6.03 Å². The number of amides is 3. The monoisotopic (exact) mass is 392 g/mol. The molecular weight excluding hydrogens is 372 g/mol. The Labute approximate surface area is 159 Å². The van der Waals surface area contributed by atoms with Crippen molar-refractivity contribution in [2.24, 2.45) is 5.92 Å². The molecule has 2 atom stereocenters. The molecule has 2 aliphatic rings. The zero-order chi connectivity index (χ0) is 18.3. The topological polar surface area (TPSA) is 88.3 Å². The van der Waals surface area contributed by atoms with Gasteiger partial charge in [0, 0.05) is 18.0 Å². The first kappa shape index (κ1) is 17.5. The molecule has 2 aromatic heterocycles. The first-order chi connectivity index (χ1) is 12.5. The highest BCUT2D eigenvalue weighted by Gasteiger charge is 2.31. The molecule has 26 heavy (non-hydrogen) atoms. The molecule has 0 aromatic carbocycles. The van der Waals surface area contributed by atoms with Crippen LogP contribution < -0.4 is 5.32 Å². The lowest BCUT2D eigenvalue weighted by Crippen LogP contribution is -2.38. The normalized spacial score (nSPS) is 20.8. The predicted molar refractivity (Wildman–Crippen MR) is 99.2 cm³/mol. The van der Waals surface area contributed by atoms with Gasteiger partial charge in [0.25, 0.3) is 11.1 Å². The molecule has 7 nitrogen and oxygen atoms in total. The van der Waals surface area contributed by atoms with Crippen LogP contribution in [0.1, 0.15) is 30.7 Å². The van der Waals surface area contributed by atoms with Crippen LogP contribution in [0.2, 0.25) is 0 Å². The van der Waals surface area contributed by atoms with Crippen molar-refractivity contribution in [2.45, 2.75) is 43.6 Å². The Morgan fingerprint density at radius 3 is 3.12 bits per heavy atom. The average Bonchev–Trinajstić information content (AvgIpc) is 3.32. The number of aromatic nitrogens is 2. The zero-order valence-electron chi connectivity index (χ0n) is 14.7. The van der Waals surface area contributed by atoms with Gasteiger partial charge in [-0.3, -0.25) is 9.69 Å². The Morgan fingerprint density at radius 2 is 2.35 bits per heavy atom. The second kappa shape index (κ2) is 7.03. The summed E-state index contributed by atoms with van der Waals surface area (Å²) < 4.78 is 5.76. The van der Waals surface area contributed by atoms with E-state index in [-0.39, 0.29) is 11.9 Å². The summed E-state index contributed by atoms with van der Waals surface area (Å²) in [6.07, 6.45) is 3.44. The molecule has 138 valence electrons. The zero-order valence-corrected chi connectivity index (χ0v) is 16.3. The first-order valence-corrected chi connectivity index (χ1v) is 10.4. The van der Waals surface area contributed by atoms with E-state index in [2.05, 4.69) is 28.5 Å². The minimum Gasteiger partial charge on any atom is -0.410 e. The maximum atomic E-state index is 12.4. The van der Waals surface area contributed by atoms with E-state index in [1.807, 2.05) is 0 Å². The Kier molecular flexibility index (Phi) is 4.74. The fourth-order valence-corrected chi connectivity index (χ4v) is 5.15. The quantitative estimate of drug-likeness (QED) is 0.805. The van der Waals surface area contributed by atoms with Crippen molar-refractivity contribution in [1.29, 1.82) is 0 Å². The summed E-state index contributed by atoms with van der Waals surface area (Å²) in [5, 5.41) is 10.7. The van der Waals surface area contributed by atoms with Crippen LogP contribution in [0, 0.1) is 5.92 Å². The lowest BCUT2D eigenvalue weighted by atomic mass is 9.90. The molecule has 1 fully saturated rings. The first-order valence-electron chi connectivity index (χ1n) is 8.72. The van der Waals surface area contributed by atoms with Gasteiger partial charge in [-0.25, -0.2) is 4.79 Å². The molecule has 4 rings (SSSR count). The van der Waals surface area contributed by atoms with Gasteiger partial charge in [-0.1, -0.05) is 18.7 Å². The predicted octanol–water partition coefficient (Wildman–Crippen LogP) is 2.96. The van der Waals surface area contributed by atoms with Gasteiger partial charge in [-0.05, 0) is 43.7 Å². The number of nitrogens with one attached hydrogen (secondary N) is 1. The second-order valence-electron chi connectivity index (χ2n) is 6.76. The van der Waals surface area contributed by atoms with Crippen molar-refractivity contribution in [2.75, 3.05) is 13.1 Å². The SMILES string of the molecule is C[C@H]1CCc2sc(-c3nnc(S[C@@H](C)C(=O)N4CCNC4=O)o3)cc2C1. The summed E-state index contributed by atoms with van der Waals surface area (Å²) in [5.74, 6) is 0.969. The van der Waals surface area contributed by atoms with Crippen LogP contribution in [0.25, 0.3) is 10.8 Å². The number of hydrogen-bond donors (Lipinski definition) is 1. The summed E-state index contributed by atoms with van der Waals surface area (Å²) in [7, 11) is 0. The van der Waals surface area contributed by atoms with Crippen LogP contribution in [-0.4, -0.2) is 45.4 Å². The number of thioether (sulfide) groups is 1. The van der Waals surface area contributed by atoms with E-state index in [1.165, 1.54) is 33.5 Å². The van der Waals surface area contributed by atoms with Crippen LogP contribution in [0.15, 0.2) is 15.7 Å². The van der Waals surface area contributed by atoms with E-state index in [0.717, 1.165) is 17.7 Å². The van der Waals surface area contributed by atoms with Crippen molar-refractivity contribution in [3.8, 4) is 10.8 Å². The van der Waals surface area contributed by atoms with Gasteiger partial charge in [0.2, 0.25) is 5.91 Å². The Morgan fingerprint density at radius 1 is 1.50 bits per heavy atom. The second-order valence-corrected chi connectivity index (χ2v) is 9.19. The number of carbonyl (C=O) groups is 2. The van der Waals surface area contributed by atoms with Gasteiger partial charge in [-0.15, -0.1) is 21.5 Å². The molecule has 2 aromatic rings. The summed E-state index contributed by atoms with van der Waals surface area (Å²) in [6.45, 7) is 4.92. The molecule has 1 aliphatic carbocycles. The van der Waals surface area contributed by atoms with E-state index < -0.39 is 5.25 Å². The number of rotatable bonds is 4. The van der Waals surface area contributed by atoms with Gasteiger partial charge in [0.15, 0.2) is 0 Å². The third-order valence-corrected chi connectivity index (χ3v) is 6.84. The van der Waals surface area contributed by atoms with Crippen molar-refractivity contribution < 1.29 is 14.0 Å². The third kappa shape index (κ3) is 3.37. The summed E-state index contributed by atoms with van der Waals surface area (Å²) in [4.78, 5) is 27.6. The fraction of sp³-hybridized carbons (Fsp3) is 0.529. The Hall–Kier alpha value is -1.87. The number of aryl methyl sites for hydroxylation is 1. The van der Waals surface area contributed by atoms with E-state index in [0.29, 0.717) is 30.1 Å². The standard InChI is InChI=1S/C17H20N4O3S2/c1-9-3-4-12-11(7-9)8-13(26-12)14-19-20-17(24-14)25-10(2)15(22)21-6-5-18-16(21)23/h8-10H,3-7H2,1-2H3,(H,18,23)/t9-,10-/m0/s1. The summed E-state index contributed by atoms with van der Waals surface area (Å²) >= 11 is 2.90. The van der Waals surface area contributed by atoms with Gasteiger partial charge in [-0.2, -0.15) is 0 Å². The molecule has 0 spiro atoms. The molecule has 1 aliphatic heterocycles. The third-order valence-electron chi connectivity index (χ3n) is 4.69. The molecule has 3 heterocycles. The molecular formula is C17H20N4O3S2. The summed E-state index contributed by atoms with van der Waals surface area (Å²) in [6, 6.07) is 1.81. The van der Waals surface area contributed by atoms with E-state index in [1.54, 1.807) is 18.3 Å². The Bertz CT molecular complexity index is 847. The highest BCUT2D eigenvalue weighted by Crippen LogP contribution is 2.37. The molecule has 9 heteroatoms. The lowest BCUT2D eigenvalue weighted by molar-refractivity contribution is -0.126. The average molecular weight is 393 g/mol. The summed E-state index contributed by atoms with van der Waals surface area (Å²) in [5.41, 5.74) is 1.39. The van der Waals surface area contributed by atoms with Crippen molar-refractivity contribution in [3.63, 3.8) is 0 Å². The molecule has 1 N–H and O–H groups in total.